The molecule has 0 amide bonds. The molecule has 7 heteroatoms. The van der Waals surface area contributed by atoms with Gasteiger partial charge in [-0.25, -0.2) is 0 Å². The fourth-order valence-electron chi connectivity index (χ4n) is 1.56. The van der Waals surface area contributed by atoms with E-state index in [0.717, 1.165) is 9.13 Å². The van der Waals surface area contributed by atoms with Crippen molar-refractivity contribution in [2.45, 2.75) is 38.0 Å². The Morgan fingerprint density at radius 3 is 2.57 bits per heavy atom. The van der Waals surface area contributed by atoms with Gasteiger partial charge in [-0.2, -0.15) is 0 Å². The molecule has 0 aliphatic carbocycles. The fraction of sp³-hybridized carbons (Fsp3) is 0.500. The predicted octanol–water partition coefficient (Wildman–Crippen LogP) is 3.60. The van der Waals surface area contributed by atoms with Gasteiger partial charge in [-0.05, 0) is 67.1 Å². The Morgan fingerprint density at radius 1 is 1.48 bits per heavy atom. The summed E-state index contributed by atoms with van der Waals surface area (Å²) in [7, 11) is 1.34. The molecular weight excluding hydrogens is 425 g/mol. The summed E-state index contributed by atoms with van der Waals surface area (Å²) < 4.78 is 20.5. The van der Waals surface area contributed by atoms with Crippen molar-refractivity contribution in [2.75, 3.05) is 7.11 Å². The Balaban J connectivity index is 3.04. The lowest BCUT2D eigenvalue weighted by Gasteiger charge is -2.28. The smallest absolute Gasteiger partial charge is 0.307 e. The van der Waals surface area contributed by atoms with Crippen molar-refractivity contribution >= 4 is 51.5 Å². The van der Waals surface area contributed by atoms with E-state index in [1.54, 1.807) is 6.07 Å². The summed E-state index contributed by atoms with van der Waals surface area (Å²) in [4.78, 5) is 11.6. The number of benzene rings is 1. The molecule has 0 heterocycles. The topological polar surface area (TPSA) is 61.4 Å². The first-order chi connectivity index (χ1) is 9.63. The summed E-state index contributed by atoms with van der Waals surface area (Å²) in [6, 6.07) is 5.09. The van der Waals surface area contributed by atoms with Crippen LogP contribution in [0.1, 0.15) is 38.8 Å². The summed E-state index contributed by atoms with van der Waals surface area (Å²) in [5, 5.41) is 0.579. The van der Waals surface area contributed by atoms with Crippen LogP contribution in [0.5, 0.6) is 0 Å². The maximum Gasteiger partial charge on any atom is 0.307 e. The first kappa shape index (κ1) is 19.0. The number of hydrogen-bond donors (Lipinski definition) is 1. The standard InChI is InChI=1S/C14H19ClINO3S/c1-14(2,3)21(19)17-12(8-13(18)20-4)9-5-10(15)7-11(16)6-9/h5-7,12,17H,8H2,1-4H3/t12-,21+/m0/s1. The molecule has 0 aromatic heterocycles. The second kappa shape index (κ2) is 8.01. The van der Waals surface area contributed by atoms with Gasteiger partial charge in [0.15, 0.2) is 0 Å². The van der Waals surface area contributed by atoms with Gasteiger partial charge >= 0.3 is 5.97 Å². The molecule has 0 saturated carbocycles. The molecule has 0 radical (unpaired) electrons. The second-order valence-electron chi connectivity index (χ2n) is 5.53. The van der Waals surface area contributed by atoms with Crippen molar-refractivity contribution < 1.29 is 14.1 Å². The first-order valence-corrected chi connectivity index (χ1v) is 8.95. The molecule has 0 spiro atoms. The summed E-state index contributed by atoms with van der Waals surface area (Å²) in [6.07, 6.45) is 0.0920. The maximum atomic E-state index is 12.3. The van der Waals surface area contributed by atoms with Crippen molar-refractivity contribution in [1.29, 1.82) is 0 Å². The molecule has 21 heavy (non-hydrogen) atoms. The van der Waals surface area contributed by atoms with Gasteiger partial charge in [0.25, 0.3) is 0 Å². The Morgan fingerprint density at radius 2 is 2.10 bits per heavy atom. The van der Waals surface area contributed by atoms with Crippen LogP contribution in [0.15, 0.2) is 18.2 Å². The second-order valence-corrected chi connectivity index (χ2v) is 9.21. The van der Waals surface area contributed by atoms with Gasteiger partial charge in [0.05, 0.1) is 19.6 Å². The minimum absolute atomic E-state index is 0.0920. The SMILES string of the molecule is COC(=O)C[C@H](N[S@+]([O-])C(C)(C)C)c1cc(Cl)cc(I)c1. The number of rotatable bonds is 5. The Labute approximate surface area is 147 Å². The lowest BCUT2D eigenvalue weighted by atomic mass is 10.1. The number of methoxy groups -OCH3 is 1. The summed E-state index contributed by atoms with van der Waals surface area (Å²) in [5.74, 6) is -0.367. The zero-order valence-electron chi connectivity index (χ0n) is 12.4. The molecule has 4 nitrogen and oxygen atoms in total. The van der Waals surface area contributed by atoms with Gasteiger partial charge in [-0.3, -0.25) is 4.79 Å². The number of halogens is 2. The lowest BCUT2D eigenvalue weighted by molar-refractivity contribution is -0.141. The first-order valence-electron chi connectivity index (χ1n) is 6.34. The summed E-state index contributed by atoms with van der Waals surface area (Å²) >= 11 is 6.92. The van der Waals surface area contributed by atoms with E-state index >= 15 is 0 Å². The third kappa shape index (κ3) is 6.32. The summed E-state index contributed by atoms with van der Waals surface area (Å²) in [5.41, 5.74) is 0.815. The number of carbonyl (C=O) groups is 1. The highest BCUT2D eigenvalue weighted by atomic mass is 127. The van der Waals surface area contributed by atoms with E-state index in [4.69, 9.17) is 16.3 Å². The minimum Gasteiger partial charge on any atom is -0.598 e. The van der Waals surface area contributed by atoms with Crippen LogP contribution < -0.4 is 4.72 Å². The van der Waals surface area contributed by atoms with Gasteiger partial charge in [0, 0.05) is 20.0 Å². The predicted molar refractivity (Wildman–Crippen MR) is 94.6 cm³/mol. The van der Waals surface area contributed by atoms with Crippen LogP contribution in [0.25, 0.3) is 0 Å². The molecule has 0 saturated heterocycles. The fourth-order valence-corrected chi connectivity index (χ4v) is 3.51. The van der Waals surface area contributed by atoms with Crippen molar-refractivity contribution in [3.8, 4) is 0 Å². The number of ether oxygens (including phenoxy) is 1. The van der Waals surface area contributed by atoms with Crippen LogP contribution in [0.3, 0.4) is 0 Å². The van der Waals surface area contributed by atoms with E-state index in [-0.39, 0.29) is 12.4 Å². The number of hydrogen-bond acceptors (Lipinski definition) is 4. The quantitative estimate of drug-likeness (QED) is 0.429. The van der Waals surface area contributed by atoms with Crippen molar-refractivity contribution in [2.24, 2.45) is 0 Å². The Bertz CT molecular complexity index is 487. The van der Waals surface area contributed by atoms with E-state index in [1.807, 2.05) is 32.9 Å². The van der Waals surface area contributed by atoms with Crippen molar-refractivity contribution in [3.05, 3.63) is 32.4 Å². The van der Waals surface area contributed by atoms with Gasteiger partial charge < -0.3 is 9.29 Å². The minimum atomic E-state index is -1.30. The lowest BCUT2D eigenvalue weighted by Crippen LogP contribution is -2.41. The van der Waals surface area contributed by atoms with Crippen LogP contribution in [0, 0.1) is 3.57 Å². The van der Waals surface area contributed by atoms with Crippen LogP contribution in [-0.2, 0) is 20.9 Å². The molecule has 1 N–H and O–H groups in total. The van der Waals surface area contributed by atoms with Gasteiger partial charge in [-0.1, -0.05) is 11.6 Å². The number of carbonyl (C=O) groups excluding carboxylic acids is 1. The third-order valence-corrected chi connectivity index (χ3v) is 5.14. The molecule has 0 bridgehead atoms. The van der Waals surface area contributed by atoms with E-state index in [0.29, 0.717) is 5.02 Å². The van der Waals surface area contributed by atoms with Crippen molar-refractivity contribution in [3.63, 3.8) is 0 Å². The Kier molecular flexibility index (Phi) is 7.26. The molecule has 0 aliphatic heterocycles. The summed E-state index contributed by atoms with van der Waals surface area (Å²) in [6.45, 7) is 5.60. The molecule has 2 atom stereocenters. The highest BCUT2D eigenvalue weighted by Crippen LogP contribution is 2.26. The number of nitrogens with one attached hydrogen (secondary N) is 1. The molecule has 1 rings (SSSR count). The molecule has 1 aromatic carbocycles. The third-order valence-electron chi connectivity index (χ3n) is 2.69. The molecule has 0 unspecified atom stereocenters. The van der Waals surface area contributed by atoms with Crippen LogP contribution >= 0.6 is 34.2 Å². The van der Waals surface area contributed by atoms with Crippen LogP contribution in [-0.4, -0.2) is 22.4 Å². The van der Waals surface area contributed by atoms with E-state index in [2.05, 4.69) is 27.3 Å². The highest BCUT2D eigenvalue weighted by molar-refractivity contribution is 14.1. The zero-order valence-corrected chi connectivity index (χ0v) is 16.1. The number of esters is 1. The van der Waals surface area contributed by atoms with Crippen molar-refractivity contribution in [1.82, 2.24) is 4.72 Å². The van der Waals surface area contributed by atoms with Gasteiger partial charge in [0.1, 0.15) is 4.75 Å². The monoisotopic (exact) mass is 443 g/mol. The van der Waals surface area contributed by atoms with E-state index < -0.39 is 22.2 Å². The molecule has 118 valence electrons. The maximum absolute atomic E-state index is 12.3. The average molecular weight is 444 g/mol. The molecular formula is C14H19ClINO3S. The normalized spacial score (nSPS) is 14.6. The molecule has 0 aliphatic rings. The zero-order chi connectivity index (χ0) is 16.2. The highest BCUT2D eigenvalue weighted by Gasteiger charge is 2.31. The molecule has 1 aromatic rings. The van der Waals surface area contributed by atoms with Crippen LogP contribution in [0.4, 0.5) is 0 Å². The van der Waals surface area contributed by atoms with E-state index in [1.165, 1.54) is 7.11 Å². The largest absolute Gasteiger partial charge is 0.598 e. The Hall–Kier alpha value is -0.0200. The van der Waals surface area contributed by atoms with Gasteiger partial charge in [0.2, 0.25) is 0 Å². The van der Waals surface area contributed by atoms with Crippen LogP contribution in [0.2, 0.25) is 5.02 Å². The van der Waals surface area contributed by atoms with E-state index in [9.17, 15) is 9.35 Å². The molecule has 0 fully saturated rings. The van der Waals surface area contributed by atoms with Gasteiger partial charge in [-0.15, -0.1) is 4.72 Å². The average Bonchev–Trinajstić information content (AvgIpc) is 2.35.